The summed E-state index contributed by atoms with van der Waals surface area (Å²) in [5.74, 6) is 0.491. The van der Waals surface area contributed by atoms with Gasteiger partial charge < -0.3 is 10.2 Å². The molecule has 1 atom stereocenters. The van der Waals surface area contributed by atoms with E-state index in [1.807, 2.05) is 25.4 Å². The Hall–Kier alpha value is -1.47. The van der Waals surface area contributed by atoms with Crippen molar-refractivity contribution in [3.8, 4) is 0 Å². The molecule has 2 aromatic rings. The third-order valence-electron chi connectivity index (χ3n) is 3.87. The number of aryl methyl sites for hydroxylation is 2. The highest BCUT2D eigenvalue weighted by Gasteiger charge is 2.22. The second-order valence-electron chi connectivity index (χ2n) is 5.63. The lowest BCUT2D eigenvalue weighted by Gasteiger charge is -2.32. The monoisotopic (exact) mass is 336 g/mol. The van der Waals surface area contributed by atoms with Gasteiger partial charge in [-0.15, -0.1) is 22.7 Å². The molecule has 1 saturated heterocycles. The van der Waals surface area contributed by atoms with E-state index in [1.165, 1.54) is 11.3 Å². The average Bonchev–Trinajstić information content (AvgIpc) is 3.15. The van der Waals surface area contributed by atoms with Crippen LogP contribution in [0.25, 0.3) is 0 Å². The van der Waals surface area contributed by atoms with Crippen molar-refractivity contribution in [1.29, 1.82) is 0 Å². The zero-order chi connectivity index (χ0) is 15.5. The largest absolute Gasteiger partial charge is 0.351 e. The average molecular weight is 336 g/mol. The number of nitrogens with one attached hydrogen (secondary N) is 1. The molecule has 0 spiro atoms. The van der Waals surface area contributed by atoms with E-state index in [4.69, 9.17) is 0 Å². The quantitative estimate of drug-likeness (QED) is 0.933. The first-order valence-electron chi connectivity index (χ1n) is 7.50. The molecular formula is C15H20N4OS2. The molecule has 0 aliphatic carbocycles. The zero-order valence-corrected chi connectivity index (χ0v) is 14.5. The maximum absolute atomic E-state index is 12.3. The molecule has 2 aromatic heterocycles. The van der Waals surface area contributed by atoms with Crippen LogP contribution in [0.2, 0.25) is 0 Å². The first-order chi connectivity index (χ1) is 10.6. The lowest BCUT2D eigenvalue weighted by atomic mass is 9.98. The molecule has 1 N–H and O–H groups in total. The van der Waals surface area contributed by atoms with Gasteiger partial charge >= 0.3 is 0 Å². The molecule has 1 aliphatic rings. The fraction of sp³-hybridized carbons (Fsp3) is 0.533. The summed E-state index contributed by atoms with van der Waals surface area (Å²) in [5.41, 5.74) is 0.827. The summed E-state index contributed by atoms with van der Waals surface area (Å²) in [7, 11) is 0. The molecule has 5 nitrogen and oxygen atoms in total. The molecule has 22 heavy (non-hydrogen) atoms. The molecule has 1 aliphatic heterocycles. The summed E-state index contributed by atoms with van der Waals surface area (Å²) >= 11 is 3.14. The van der Waals surface area contributed by atoms with Crippen molar-refractivity contribution in [2.45, 2.75) is 26.7 Å². The highest BCUT2D eigenvalue weighted by Crippen LogP contribution is 2.24. The van der Waals surface area contributed by atoms with Gasteiger partial charge in [0.25, 0.3) is 5.91 Å². The number of amides is 1. The second kappa shape index (κ2) is 6.75. The smallest absolute Gasteiger partial charge is 0.263 e. The summed E-state index contributed by atoms with van der Waals surface area (Å²) in [5, 5.41) is 7.11. The Morgan fingerprint density at radius 3 is 3.05 bits per heavy atom. The van der Waals surface area contributed by atoms with Crippen molar-refractivity contribution in [2.75, 3.05) is 24.5 Å². The molecule has 7 heteroatoms. The fourth-order valence-corrected chi connectivity index (χ4v) is 4.35. The van der Waals surface area contributed by atoms with Crippen LogP contribution in [-0.4, -0.2) is 35.5 Å². The van der Waals surface area contributed by atoms with Gasteiger partial charge in [-0.25, -0.2) is 9.97 Å². The Morgan fingerprint density at radius 2 is 2.36 bits per heavy atom. The summed E-state index contributed by atoms with van der Waals surface area (Å²) in [4.78, 5) is 24.0. The molecule has 0 aromatic carbocycles. The molecule has 0 saturated carbocycles. The third kappa shape index (κ3) is 3.47. The third-order valence-corrected chi connectivity index (χ3v) is 5.77. The number of hydrogen-bond acceptors (Lipinski definition) is 6. The van der Waals surface area contributed by atoms with Crippen LogP contribution in [-0.2, 0) is 0 Å². The second-order valence-corrected chi connectivity index (χ2v) is 7.70. The number of thiazole rings is 2. The molecular weight excluding hydrogens is 316 g/mol. The Balaban J connectivity index is 1.55. The number of carbonyl (C=O) groups is 1. The van der Waals surface area contributed by atoms with Crippen molar-refractivity contribution < 1.29 is 4.79 Å². The Bertz CT molecular complexity index is 638. The summed E-state index contributed by atoms with van der Waals surface area (Å²) in [6.07, 6.45) is 4.15. The van der Waals surface area contributed by atoms with Gasteiger partial charge in [0.1, 0.15) is 4.88 Å². The van der Waals surface area contributed by atoms with Crippen molar-refractivity contribution in [3.05, 3.63) is 27.2 Å². The molecule has 3 rings (SSSR count). The summed E-state index contributed by atoms with van der Waals surface area (Å²) in [6.45, 7) is 6.57. The van der Waals surface area contributed by atoms with Gasteiger partial charge in [-0.05, 0) is 32.6 Å². The van der Waals surface area contributed by atoms with Crippen LogP contribution in [0.3, 0.4) is 0 Å². The normalized spacial score (nSPS) is 18.5. The van der Waals surface area contributed by atoms with Crippen LogP contribution in [0.4, 0.5) is 5.13 Å². The van der Waals surface area contributed by atoms with Crippen LogP contribution in [0.1, 0.15) is 33.2 Å². The van der Waals surface area contributed by atoms with E-state index in [1.54, 1.807) is 11.3 Å². The minimum Gasteiger partial charge on any atom is -0.351 e. The topological polar surface area (TPSA) is 58.1 Å². The molecule has 118 valence electrons. The Kier molecular flexibility index (Phi) is 4.73. The van der Waals surface area contributed by atoms with E-state index < -0.39 is 0 Å². The SMILES string of the molecule is Cc1nc(C)c(C(=O)NC[C@H]2CCCN(c3nccs3)C2)s1. The first-order valence-corrected chi connectivity index (χ1v) is 9.20. The number of carbonyl (C=O) groups excluding carboxylic acids is 1. The number of aromatic nitrogens is 2. The molecule has 0 bridgehead atoms. The highest BCUT2D eigenvalue weighted by molar-refractivity contribution is 7.14. The maximum atomic E-state index is 12.3. The van der Waals surface area contributed by atoms with E-state index in [0.29, 0.717) is 5.92 Å². The van der Waals surface area contributed by atoms with E-state index in [0.717, 1.165) is 53.2 Å². The Labute approximate surface area is 138 Å². The fourth-order valence-electron chi connectivity index (χ4n) is 2.84. The van der Waals surface area contributed by atoms with Gasteiger partial charge in [0, 0.05) is 31.2 Å². The lowest BCUT2D eigenvalue weighted by Crippen LogP contribution is -2.41. The van der Waals surface area contributed by atoms with Gasteiger partial charge in [0.2, 0.25) is 0 Å². The van der Waals surface area contributed by atoms with Gasteiger partial charge in [0.15, 0.2) is 5.13 Å². The van der Waals surface area contributed by atoms with Crippen molar-refractivity contribution in [1.82, 2.24) is 15.3 Å². The van der Waals surface area contributed by atoms with E-state index in [-0.39, 0.29) is 5.91 Å². The van der Waals surface area contributed by atoms with Gasteiger partial charge in [-0.2, -0.15) is 0 Å². The van der Waals surface area contributed by atoms with Crippen LogP contribution in [0.15, 0.2) is 11.6 Å². The van der Waals surface area contributed by atoms with Crippen LogP contribution in [0.5, 0.6) is 0 Å². The van der Waals surface area contributed by atoms with Crippen LogP contribution in [0, 0.1) is 19.8 Å². The zero-order valence-electron chi connectivity index (χ0n) is 12.8. The summed E-state index contributed by atoms with van der Waals surface area (Å²) < 4.78 is 0. The molecule has 1 amide bonds. The minimum absolute atomic E-state index is 0.00877. The van der Waals surface area contributed by atoms with Crippen LogP contribution >= 0.6 is 22.7 Å². The summed E-state index contributed by atoms with van der Waals surface area (Å²) in [6, 6.07) is 0. The van der Waals surface area contributed by atoms with Crippen molar-refractivity contribution in [3.63, 3.8) is 0 Å². The van der Waals surface area contributed by atoms with Gasteiger partial charge in [0.05, 0.1) is 10.7 Å². The van der Waals surface area contributed by atoms with E-state index >= 15 is 0 Å². The van der Waals surface area contributed by atoms with Crippen molar-refractivity contribution >= 4 is 33.7 Å². The Morgan fingerprint density at radius 1 is 1.50 bits per heavy atom. The predicted molar refractivity (Wildman–Crippen MR) is 91.0 cm³/mol. The van der Waals surface area contributed by atoms with Gasteiger partial charge in [-0.1, -0.05) is 0 Å². The van der Waals surface area contributed by atoms with Crippen LogP contribution < -0.4 is 10.2 Å². The van der Waals surface area contributed by atoms with Crippen molar-refractivity contribution in [2.24, 2.45) is 5.92 Å². The van der Waals surface area contributed by atoms with E-state index in [2.05, 4.69) is 20.2 Å². The molecule has 1 fully saturated rings. The molecule has 0 unspecified atom stereocenters. The predicted octanol–water partition coefficient (Wildman–Crippen LogP) is 2.86. The molecule has 0 radical (unpaired) electrons. The number of hydrogen-bond donors (Lipinski definition) is 1. The highest BCUT2D eigenvalue weighted by atomic mass is 32.1. The number of nitrogens with zero attached hydrogens (tertiary/aromatic N) is 3. The lowest BCUT2D eigenvalue weighted by molar-refractivity contribution is 0.0949. The minimum atomic E-state index is 0.00877. The number of rotatable bonds is 4. The van der Waals surface area contributed by atoms with Gasteiger partial charge in [-0.3, -0.25) is 4.79 Å². The standard InChI is InChI=1S/C15H20N4OS2/c1-10-13(22-11(2)18-10)14(20)17-8-12-4-3-6-19(9-12)15-16-5-7-21-15/h5,7,12H,3-4,6,8-9H2,1-2H3,(H,17,20)/t12-/m1/s1. The molecule has 3 heterocycles. The number of piperidine rings is 1. The van der Waals surface area contributed by atoms with E-state index in [9.17, 15) is 4.79 Å². The maximum Gasteiger partial charge on any atom is 0.263 e. The number of anilines is 1. The first kappa shape index (κ1) is 15.4.